The van der Waals surface area contributed by atoms with Gasteiger partial charge in [-0.1, -0.05) is 0 Å². The number of carbonyl (C=O) groups is 3. The molecule has 0 radical (unpaired) electrons. The molecule has 12 heteroatoms. The molecule has 146 valence electrons. The van der Waals surface area contributed by atoms with E-state index in [4.69, 9.17) is 10.3 Å². The van der Waals surface area contributed by atoms with Crippen LogP contribution in [0, 0.1) is 0 Å². The van der Waals surface area contributed by atoms with Gasteiger partial charge in [0.25, 0.3) is 5.91 Å². The summed E-state index contributed by atoms with van der Waals surface area (Å²) < 4.78 is 31.9. The quantitative estimate of drug-likeness (QED) is 0.376. The molecule has 0 aromatic heterocycles. The maximum atomic E-state index is 12.5. The van der Waals surface area contributed by atoms with Gasteiger partial charge in [-0.15, -0.1) is 0 Å². The predicted molar refractivity (Wildman–Crippen MR) is 89.1 cm³/mol. The maximum Gasteiger partial charge on any atom is 0.362 e. The topological polar surface area (TPSA) is 153 Å². The lowest BCUT2D eigenvalue weighted by Gasteiger charge is -2.42. The van der Waals surface area contributed by atoms with Crippen LogP contribution in [0.5, 0.6) is 0 Å². The minimum Gasteiger partial charge on any atom is -0.369 e. The van der Waals surface area contributed by atoms with E-state index in [1.807, 2.05) is 4.90 Å². The maximum absolute atomic E-state index is 12.5. The summed E-state index contributed by atoms with van der Waals surface area (Å²) in [5.74, 6) is -1.17. The first-order valence-corrected chi connectivity index (χ1v) is 9.96. The number of nitrogens with one attached hydrogen (secondary N) is 1. The van der Waals surface area contributed by atoms with Crippen molar-refractivity contribution in [2.24, 2.45) is 5.73 Å². The molecule has 0 bridgehead atoms. The third-order valence-corrected chi connectivity index (χ3v) is 6.12. The van der Waals surface area contributed by atoms with Crippen LogP contribution in [-0.4, -0.2) is 89.2 Å². The van der Waals surface area contributed by atoms with Crippen molar-refractivity contribution in [3.05, 3.63) is 0 Å². The Labute approximate surface area is 151 Å². The summed E-state index contributed by atoms with van der Waals surface area (Å²) in [6, 6.07) is -2.03. The Hall–Kier alpha value is -1.92. The number of likely N-dealkylation sites (tertiary alicyclic amines) is 2. The number of fused-ring (bicyclic) bond motifs is 1. The monoisotopic (exact) mass is 389 g/mol. The average Bonchev–Trinajstić information content (AvgIpc) is 2.75. The highest BCUT2D eigenvalue weighted by Gasteiger charge is 2.60. The summed E-state index contributed by atoms with van der Waals surface area (Å²) >= 11 is 0. The lowest BCUT2D eigenvalue weighted by atomic mass is 10.0. The van der Waals surface area contributed by atoms with Crippen LogP contribution in [0.15, 0.2) is 0 Å². The number of nitrogens with zero attached hydrogens (tertiary/aromatic N) is 3. The Kier molecular flexibility index (Phi) is 5.08. The fraction of sp³-hybridized carbons (Fsp3) is 0.786. The second-order valence-electron chi connectivity index (χ2n) is 6.93. The standard InChI is InChI=1S/C14H23N5O6S/c15-11(20)8-17-5-1-2-9(3-6-17)16-14(22)18-7-4-10-12(18)13(21)19(10)26(23,24)25/h9-10,12H,1-8H2,(H2,15,20)(H,16,22)(H,23,24,25)/t9-,10?,12-/m0/s1. The highest BCUT2D eigenvalue weighted by Crippen LogP contribution is 2.35. The molecule has 3 fully saturated rings. The largest absolute Gasteiger partial charge is 0.369 e. The second kappa shape index (κ2) is 7.00. The normalized spacial score (nSPS) is 29.7. The van der Waals surface area contributed by atoms with E-state index in [0.717, 1.165) is 19.4 Å². The van der Waals surface area contributed by atoms with E-state index in [2.05, 4.69) is 5.32 Å². The number of amides is 4. The van der Waals surface area contributed by atoms with Crippen molar-refractivity contribution in [3.63, 3.8) is 0 Å². The van der Waals surface area contributed by atoms with Crippen molar-refractivity contribution >= 4 is 28.1 Å². The van der Waals surface area contributed by atoms with Crippen molar-refractivity contribution in [2.45, 2.75) is 43.8 Å². The smallest absolute Gasteiger partial charge is 0.362 e. The Balaban J connectivity index is 1.55. The van der Waals surface area contributed by atoms with E-state index in [1.54, 1.807) is 0 Å². The van der Waals surface area contributed by atoms with Crippen LogP contribution in [0.2, 0.25) is 0 Å². The number of nitrogens with two attached hydrogens (primary N) is 1. The van der Waals surface area contributed by atoms with Crippen LogP contribution in [0.1, 0.15) is 25.7 Å². The first-order valence-electron chi connectivity index (χ1n) is 8.57. The molecule has 4 amide bonds. The fourth-order valence-electron chi connectivity index (χ4n) is 3.98. The predicted octanol–water partition coefficient (Wildman–Crippen LogP) is -1.88. The van der Waals surface area contributed by atoms with Gasteiger partial charge in [-0.05, 0) is 32.2 Å². The van der Waals surface area contributed by atoms with Gasteiger partial charge in [0.15, 0.2) is 0 Å². The minimum absolute atomic E-state index is 0.0905. The molecular formula is C14H23N5O6S. The van der Waals surface area contributed by atoms with Crippen LogP contribution in [-0.2, 0) is 19.9 Å². The van der Waals surface area contributed by atoms with E-state index in [1.165, 1.54) is 4.90 Å². The number of rotatable bonds is 4. The summed E-state index contributed by atoms with van der Waals surface area (Å²) in [5.41, 5.74) is 5.21. The highest BCUT2D eigenvalue weighted by molar-refractivity contribution is 7.84. The van der Waals surface area contributed by atoms with E-state index >= 15 is 0 Å². The van der Waals surface area contributed by atoms with Crippen molar-refractivity contribution in [1.82, 2.24) is 19.4 Å². The molecular weight excluding hydrogens is 366 g/mol. The molecule has 3 aliphatic rings. The molecule has 3 aliphatic heterocycles. The van der Waals surface area contributed by atoms with E-state index in [9.17, 15) is 22.8 Å². The van der Waals surface area contributed by atoms with Crippen molar-refractivity contribution in [3.8, 4) is 0 Å². The van der Waals surface area contributed by atoms with Gasteiger partial charge in [-0.3, -0.25) is 19.0 Å². The number of primary amides is 1. The van der Waals surface area contributed by atoms with Crippen LogP contribution < -0.4 is 11.1 Å². The van der Waals surface area contributed by atoms with Crippen molar-refractivity contribution in [2.75, 3.05) is 26.2 Å². The first-order chi connectivity index (χ1) is 12.2. The number of hydrogen-bond acceptors (Lipinski definition) is 6. The summed E-state index contributed by atoms with van der Waals surface area (Å²) in [6.45, 7) is 1.80. The van der Waals surface area contributed by atoms with Crippen molar-refractivity contribution < 1.29 is 27.4 Å². The molecule has 3 atom stereocenters. The van der Waals surface area contributed by atoms with Gasteiger partial charge in [0.2, 0.25) is 5.91 Å². The fourth-order valence-corrected chi connectivity index (χ4v) is 4.88. The molecule has 11 nitrogen and oxygen atoms in total. The SMILES string of the molecule is NC(=O)CN1CCC[C@H](NC(=O)N2CCC3[C@H]2C(=O)N3S(=O)(=O)O)CC1. The van der Waals surface area contributed by atoms with E-state index in [0.29, 0.717) is 23.7 Å². The summed E-state index contributed by atoms with van der Waals surface area (Å²) in [4.78, 5) is 38.8. The van der Waals surface area contributed by atoms with Gasteiger partial charge >= 0.3 is 16.3 Å². The Bertz CT molecular complexity index is 713. The molecule has 0 aromatic rings. The number of carbonyl (C=O) groups excluding carboxylic acids is 3. The lowest BCUT2D eigenvalue weighted by Crippen LogP contribution is -2.69. The van der Waals surface area contributed by atoms with E-state index < -0.39 is 34.3 Å². The summed E-state index contributed by atoms with van der Waals surface area (Å²) in [5, 5.41) is 2.90. The third kappa shape index (κ3) is 3.62. The zero-order valence-electron chi connectivity index (χ0n) is 14.2. The average molecular weight is 389 g/mol. The zero-order chi connectivity index (χ0) is 19.1. The molecule has 26 heavy (non-hydrogen) atoms. The number of hydrogen-bond donors (Lipinski definition) is 3. The lowest BCUT2D eigenvalue weighted by molar-refractivity contribution is -0.143. The van der Waals surface area contributed by atoms with Crippen molar-refractivity contribution in [1.29, 1.82) is 0 Å². The second-order valence-corrected chi connectivity index (χ2v) is 8.21. The van der Waals surface area contributed by atoms with Crippen LogP contribution in [0.4, 0.5) is 4.79 Å². The van der Waals surface area contributed by atoms with Crippen LogP contribution >= 0.6 is 0 Å². The Morgan fingerprint density at radius 3 is 2.58 bits per heavy atom. The van der Waals surface area contributed by atoms with Gasteiger partial charge in [0.05, 0.1) is 12.6 Å². The molecule has 3 heterocycles. The number of urea groups is 1. The Morgan fingerprint density at radius 2 is 1.92 bits per heavy atom. The van der Waals surface area contributed by atoms with Gasteiger partial charge in [0, 0.05) is 19.1 Å². The highest BCUT2D eigenvalue weighted by atomic mass is 32.2. The first kappa shape index (κ1) is 18.9. The van der Waals surface area contributed by atoms with Gasteiger partial charge in [0.1, 0.15) is 6.04 Å². The minimum atomic E-state index is -4.58. The van der Waals surface area contributed by atoms with E-state index in [-0.39, 0.29) is 25.0 Å². The molecule has 0 spiro atoms. The third-order valence-electron chi connectivity index (χ3n) is 5.17. The van der Waals surface area contributed by atoms with Crippen LogP contribution in [0.25, 0.3) is 0 Å². The van der Waals surface area contributed by atoms with Crippen LogP contribution in [0.3, 0.4) is 0 Å². The Morgan fingerprint density at radius 1 is 1.19 bits per heavy atom. The molecule has 3 saturated heterocycles. The summed E-state index contributed by atoms with van der Waals surface area (Å²) in [7, 11) is -4.58. The molecule has 0 aromatic carbocycles. The zero-order valence-corrected chi connectivity index (χ0v) is 15.0. The van der Waals surface area contributed by atoms with Gasteiger partial charge < -0.3 is 16.0 Å². The molecule has 0 aliphatic carbocycles. The molecule has 0 saturated carbocycles. The molecule has 3 rings (SSSR count). The van der Waals surface area contributed by atoms with Gasteiger partial charge in [-0.2, -0.15) is 8.42 Å². The molecule has 1 unspecified atom stereocenters. The van der Waals surface area contributed by atoms with Gasteiger partial charge in [-0.25, -0.2) is 9.10 Å². The number of β-lactam (4-membered cyclic amide) rings is 1. The molecule has 4 N–H and O–H groups in total. The summed E-state index contributed by atoms with van der Waals surface area (Å²) in [6.07, 6.45) is 2.51.